The van der Waals surface area contributed by atoms with Crippen molar-refractivity contribution in [2.75, 3.05) is 0 Å². The van der Waals surface area contributed by atoms with Crippen molar-refractivity contribution in [1.82, 2.24) is 0 Å². The van der Waals surface area contributed by atoms with E-state index in [4.69, 9.17) is 10.6 Å². The molecule has 1 fully saturated rings. The molecular weight excluding hydrogens is 148 g/mol. The van der Waals surface area contributed by atoms with Crippen LogP contribution in [0.5, 0.6) is 0 Å². The fraction of sp³-hybridized carbons (Fsp3) is 0.500. The predicted octanol–water partition coefficient (Wildman–Crippen LogP) is -0.279. The zero-order valence-electron chi connectivity index (χ0n) is 5.65. The molecule has 1 rings (SSSR count). The van der Waals surface area contributed by atoms with Gasteiger partial charge in [-0.3, -0.25) is 4.79 Å². The Bertz CT molecular complexity index is 261. The molecule has 5 nitrogen and oxygen atoms in total. The number of nitrogens with zero attached hydrogens (tertiary/aromatic N) is 2. The Morgan fingerprint density at radius 1 is 1.45 bits per heavy atom. The molecule has 0 aromatic heterocycles. The van der Waals surface area contributed by atoms with E-state index < -0.39 is 17.5 Å². The van der Waals surface area contributed by atoms with E-state index in [0.717, 1.165) is 0 Å². The van der Waals surface area contributed by atoms with E-state index >= 15 is 0 Å². The van der Waals surface area contributed by atoms with Crippen LogP contribution in [0, 0.1) is 5.92 Å². The van der Waals surface area contributed by atoms with Crippen LogP contribution in [-0.2, 0) is 9.59 Å². The van der Waals surface area contributed by atoms with Crippen molar-refractivity contribution in [3.8, 4) is 0 Å². The van der Waals surface area contributed by atoms with Crippen LogP contribution < -0.4 is 0 Å². The summed E-state index contributed by atoms with van der Waals surface area (Å²) in [4.78, 5) is 23.5. The summed E-state index contributed by atoms with van der Waals surface area (Å²) in [6.07, 6.45) is 1.40. The summed E-state index contributed by atoms with van der Waals surface area (Å²) >= 11 is 0. The summed E-state index contributed by atoms with van der Waals surface area (Å²) in [6.45, 7) is 0. The maximum absolute atomic E-state index is 10.9. The molecule has 0 aromatic rings. The molecule has 0 atom stereocenters. The minimum absolute atomic E-state index is 0.225. The van der Waals surface area contributed by atoms with Gasteiger partial charge in [0.1, 0.15) is 0 Å². The first-order valence-corrected chi connectivity index (χ1v) is 3.16. The number of carbonyl (C=O) groups excluding carboxylic acids is 1. The first-order chi connectivity index (χ1) is 5.16. The van der Waals surface area contributed by atoms with Crippen LogP contribution in [0.3, 0.4) is 0 Å². The van der Waals surface area contributed by atoms with Crippen molar-refractivity contribution >= 4 is 17.5 Å². The number of ketones is 1. The van der Waals surface area contributed by atoms with Crippen molar-refractivity contribution in [2.45, 2.75) is 12.8 Å². The third-order valence-electron chi connectivity index (χ3n) is 1.48. The average molecular weight is 154 g/mol. The first kappa shape index (κ1) is 7.63. The van der Waals surface area contributed by atoms with Gasteiger partial charge in [-0.05, 0) is 12.8 Å². The van der Waals surface area contributed by atoms with E-state index in [1.165, 1.54) is 0 Å². The number of carbonyl (C=O) groups is 2. The van der Waals surface area contributed by atoms with Gasteiger partial charge in [0.15, 0.2) is 0 Å². The first-order valence-electron chi connectivity index (χ1n) is 3.16. The average Bonchev–Trinajstić information content (AvgIpc) is 2.68. The maximum atomic E-state index is 10.9. The van der Waals surface area contributed by atoms with Crippen LogP contribution in [0.1, 0.15) is 12.8 Å². The van der Waals surface area contributed by atoms with Crippen LogP contribution in [0.2, 0.25) is 0 Å². The highest BCUT2D eigenvalue weighted by molar-refractivity contribution is 6.62. The molecule has 5 heteroatoms. The Hall–Kier alpha value is -1.48. The molecule has 0 heterocycles. The van der Waals surface area contributed by atoms with Gasteiger partial charge in [0.05, 0.1) is 0 Å². The van der Waals surface area contributed by atoms with Crippen molar-refractivity contribution in [1.29, 1.82) is 0 Å². The molecule has 0 spiro atoms. The summed E-state index contributed by atoms with van der Waals surface area (Å²) in [6, 6.07) is 0. The van der Waals surface area contributed by atoms with Crippen LogP contribution in [0.15, 0.2) is 0 Å². The Balaban J connectivity index is 2.77. The number of hydrogen-bond donors (Lipinski definition) is 1. The second kappa shape index (κ2) is 2.64. The molecule has 0 aliphatic heterocycles. The van der Waals surface area contributed by atoms with Crippen molar-refractivity contribution < 1.29 is 19.5 Å². The largest absolute Gasteiger partial charge is 0.472 e. The molecule has 1 N–H and O–H groups in total. The van der Waals surface area contributed by atoms with Gasteiger partial charge >= 0.3 is 11.7 Å². The molecule has 0 unspecified atom stereocenters. The van der Waals surface area contributed by atoms with E-state index in [-0.39, 0.29) is 5.92 Å². The van der Waals surface area contributed by atoms with Gasteiger partial charge in [0.25, 0.3) is 5.78 Å². The predicted molar refractivity (Wildman–Crippen MR) is 34.0 cm³/mol. The van der Waals surface area contributed by atoms with Crippen molar-refractivity contribution in [2.24, 2.45) is 5.92 Å². The van der Waals surface area contributed by atoms with Gasteiger partial charge in [0.2, 0.25) is 0 Å². The lowest BCUT2D eigenvalue weighted by Crippen LogP contribution is -2.26. The van der Waals surface area contributed by atoms with Crippen molar-refractivity contribution in [3.63, 3.8) is 0 Å². The second-order valence-corrected chi connectivity index (χ2v) is 2.39. The van der Waals surface area contributed by atoms with Gasteiger partial charge < -0.3 is 10.6 Å². The zero-order chi connectivity index (χ0) is 8.43. The highest BCUT2D eigenvalue weighted by atomic mass is 16.4. The van der Waals surface area contributed by atoms with Gasteiger partial charge in [-0.2, -0.15) is 4.79 Å². The minimum Gasteiger partial charge on any atom is -0.472 e. The summed E-state index contributed by atoms with van der Waals surface area (Å²) in [5, 5.41) is 8.31. The highest BCUT2D eigenvalue weighted by Crippen LogP contribution is 2.29. The minimum atomic E-state index is -1.47. The summed E-state index contributed by atoms with van der Waals surface area (Å²) < 4.78 is 0. The van der Waals surface area contributed by atoms with Crippen LogP contribution in [-0.4, -0.2) is 27.4 Å². The van der Waals surface area contributed by atoms with E-state index in [9.17, 15) is 9.59 Å². The second-order valence-electron chi connectivity index (χ2n) is 2.39. The summed E-state index contributed by atoms with van der Waals surface area (Å²) in [5.74, 6) is -2.26. The monoisotopic (exact) mass is 154 g/mol. The number of rotatable bonds is 3. The number of carboxylic acid groups (broad SMARTS) is 1. The van der Waals surface area contributed by atoms with Gasteiger partial charge in [-0.25, -0.2) is 4.79 Å². The SMILES string of the molecule is [N-]=[N+]=C(C(=O)O)C(=O)C1CC1. The smallest absolute Gasteiger partial charge is 0.441 e. The number of Topliss-reactive ketones (excluding diaryl/α,β-unsaturated/α-hetero) is 1. The molecule has 0 radical (unpaired) electrons. The molecule has 1 aliphatic carbocycles. The van der Waals surface area contributed by atoms with E-state index in [1.54, 1.807) is 0 Å². The van der Waals surface area contributed by atoms with Crippen LogP contribution in [0.25, 0.3) is 5.53 Å². The molecule has 0 amide bonds. The van der Waals surface area contributed by atoms with Crippen LogP contribution in [0.4, 0.5) is 0 Å². The van der Waals surface area contributed by atoms with E-state index in [2.05, 4.69) is 4.79 Å². The Kier molecular flexibility index (Phi) is 1.83. The normalized spacial score (nSPS) is 15.3. The van der Waals surface area contributed by atoms with Crippen LogP contribution >= 0.6 is 0 Å². The number of carboxylic acids is 1. The van der Waals surface area contributed by atoms with Gasteiger partial charge in [-0.1, -0.05) is 0 Å². The van der Waals surface area contributed by atoms with Gasteiger partial charge in [0, 0.05) is 5.92 Å². The maximum Gasteiger partial charge on any atom is 0.441 e. The lowest BCUT2D eigenvalue weighted by molar-refractivity contribution is -0.136. The molecule has 0 bridgehead atoms. The topological polar surface area (TPSA) is 90.8 Å². The van der Waals surface area contributed by atoms with Gasteiger partial charge in [-0.15, -0.1) is 0 Å². The fourth-order valence-corrected chi connectivity index (χ4v) is 0.736. The number of hydrogen-bond acceptors (Lipinski definition) is 2. The molecule has 0 saturated heterocycles. The standard InChI is InChI=1S/C6H6N2O3/c7-8-4(6(10)11)5(9)3-1-2-3/h3H,1-2H2,(H,10,11). The molecule has 1 saturated carbocycles. The molecule has 0 aromatic carbocycles. The quantitative estimate of drug-likeness (QED) is 0.262. The lowest BCUT2D eigenvalue weighted by atomic mass is 10.2. The van der Waals surface area contributed by atoms with E-state index in [0.29, 0.717) is 12.8 Å². The molecule has 11 heavy (non-hydrogen) atoms. The summed E-state index contributed by atoms with van der Waals surface area (Å²) in [7, 11) is 0. The number of aliphatic carboxylic acids is 1. The van der Waals surface area contributed by atoms with E-state index in [1.807, 2.05) is 0 Å². The molecule has 58 valence electrons. The Morgan fingerprint density at radius 3 is 2.27 bits per heavy atom. The summed E-state index contributed by atoms with van der Waals surface area (Å²) in [5.41, 5.74) is 7.37. The molecule has 1 aliphatic rings. The van der Waals surface area contributed by atoms with Crippen molar-refractivity contribution in [3.05, 3.63) is 5.53 Å². The lowest BCUT2D eigenvalue weighted by Gasteiger charge is -1.84. The third kappa shape index (κ3) is 1.50. The third-order valence-corrected chi connectivity index (χ3v) is 1.48. The zero-order valence-corrected chi connectivity index (χ0v) is 5.65. The Morgan fingerprint density at radius 2 is 2.00 bits per heavy atom. The molecular formula is C6H6N2O3. The fourth-order valence-electron chi connectivity index (χ4n) is 0.736. The Labute approximate surface area is 62.3 Å². The highest BCUT2D eigenvalue weighted by Gasteiger charge is 2.41.